The lowest BCUT2D eigenvalue weighted by molar-refractivity contribution is 0.0962. The molecule has 0 fully saturated rings. The molecule has 0 atom stereocenters. The number of nitrogen functional groups attached to an aromatic ring is 1. The van der Waals surface area contributed by atoms with Crippen molar-refractivity contribution in [1.29, 1.82) is 0 Å². The van der Waals surface area contributed by atoms with Crippen molar-refractivity contribution < 1.29 is 4.79 Å². The minimum Gasteiger partial charge on any atom is -0.368 e. The molecule has 5 heteroatoms. The summed E-state index contributed by atoms with van der Waals surface area (Å²) in [6, 6.07) is 0. The standard InChI is InChI=1S/C6H8N4O/c1-8-5(11)4-2-9-6(7)10-3-4/h2-3H,1H3,(H,8,11)(H2,7,9,10). The van der Waals surface area contributed by atoms with Gasteiger partial charge < -0.3 is 11.1 Å². The molecule has 0 saturated carbocycles. The van der Waals surface area contributed by atoms with Crippen LogP contribution in [0.4, 0.5) is 5.95 Å². The van der Waals surface area contributed by atoms with Crippen molar-refractivity contribution >= 4 is 11.9 Å². The molecular formula is C6H8N4O. The Morgan fingerprint density at radius 2 is 2.09 bits per heavy atom. The first-order chi connectivity index (χ1) is 5.24. The molecule has 0 radical (unpaired) electrons. The minimum absolute atomic E-state index is 0.164. The van der Waals surface area contributed by atoms with Gasteiger partial charge >= 0.3 is 0 Å². The molecule has 0 saturated heterocycles. The third kappa shape index (κ3) is 1.64. The van der Waals surface area contributed by atoms with E-state index in [4.69, 9.17) is 5.73 Å². The van der Waals surface area contributed by atoms with Crippen LogP contribution in [0.25, 0.3) is 0 Å². The summed E-state index contributed by atoms with van der Waals surface area (Å²) in [7, 11) is 1.54. The van der Waals surface area contributed by atoms with E-state index in [-0.39, 0.29) is 11.9 Å². The van der Waals surface area contributed by atoms with Crippen LogP contribution in [-0.4, -0.2) is 22.9 Å². The van der Waals surface area contributed by atoms with Crippen LogP contribution >= 0.6 is 0 Å². The molecule has 1 aromatic heterocycles. The number of hydrogen-bond donors (Lipinski definition) is 2. The van der Waals surface area contributed by atoms with Gasteiger partial charge in [0.15, 0.2) is 0 Å². The number of amides is 1. The number of carbonyl (C=O) groups is 1. The van der Waals surface area contributed by atoms with Gasteiger partial charge in [-0.05, 0) is 0 Å². The summed E-state index contributed by atoms with van der Waals surface area (Å²) in [4.78, 5) is 18.2. The second kappa shape index (κ2) is 2.96. The molecule has 0 aliphatic heterocycles. The van der Waals surface area contributed by atoms with Crippen LogP contribution in [0, 0.1) is 0 Å². The molecule has 1 aromatic rings. The Hall–Kier alpha value is -1.65. The van der Waals surface area contributed by atoms with E-state index in [1.807, 2.05) is 0 Å². The fraction of sp³-hybridized carbons (Fsp3) is 0.167. The Balaban J connectivity index is 2.90. The third-order valence-corrected chi connectivity index (χ3v) is 1.16. The van der Waals surface area contributed by atoms with Crippen LogP contribution in [-0.2, 0) is 0 Å². The van der Waals surface area contributed by atoms with Crippen molar-refractivity contribution in [2.75, 3.05) is 12.8 Å². The van der Waals surface area contributed by atoms with E-state index in [0.717, 1.165) is 0 Å². The first-order valence-electron chi connectivity index (χ1n) is 3.03. The second-order valence-electron chi connectivity index (χ2n) is 1.91. The third-order valence-electron chi connectivity index (χ3n) is 1.16. The predicted molar refractivity (Wildman–Crippen MR) is 39.8 cm³/mol. The van der Waals surface area contributed by atoms with Crippen molar-refractivity contribution in [2.45, 2.75) is 0 Å². The van der Waals surface area contributed by atoms with Crippen LogP contribution < -0.4 is 11.1 Å². The monoisotopic (exact) mass is 152 g/mol. The van der Waals surface area contributed by atoms with Gasteiger partial charge in [-0.25, -0.2) is 9.97 Å². The van der Waals surface area contributed by atoms with Crippen molar-refractivity contribution in [3.63, 3.8) is 0 Å². The number of nitrogens with one attached hydrogen (secondary N) is 1. The summed E-state index contributed by atoms with van der Waals surface area (Å²) >= 11 is 0. The molecule has 0 unspecified atom stereocenters. The summed E-state index contributed by atoms with van der Waals surface area (Å²) < 4.78 is 0. The van der Waals surface area contributed by atoms with E-state index in [9.17, 15) is 4.79 Å². The van der Waals surface area contributed by atoms with Gasteiger partial charge in [0.2, 0.25) is 5.95 Å². The number of nitrogens with zero attached hydrogens (tertiary/aromatic N) is 2. The fourth-order valence-corrected chi connectivity index (χ4v) is 0.600. The average Bonchev–Trinajstić information content (AvgIpc) is 2.05. The Labute approximate surface area is 63.7 Å². The van der Waals surface area contributed by atoms with Gasteiger partial charge in [-0.3, -0.25) is 4.79 Å². The van der Waals surface area contributed by atoms with Gasteiger partial charge in [0.1, 0.15) is 0 Å². The highest BCUT2D eigenvalue weighted by molar-refractivity contribution is 5.93. The lowest BCUT2D eigenvalue weighted by Crippen LogP contribution is -2.18. The van der Waals surface area contributed by atoms with E-state index >= 15 is 0 Å². The molecule has 11 heavy (non-hydrogen) atoms. The van der Waals surface area contributed by atoms with E-state index in [0.29, 0.717) is 5.56 Å². The predicted octanol–water partition coefficient (Wildman–Crippen LogP) is -0.582. The van der Waals surface area contributed by atoms with Gasteiger partial charge in [-0.15, -0.1) is 0 Å². The van der Waals surface area contributed by atoms with Gasteiger partial charge in [0.05, 0.1) is 5.56 Å². The average molecular weight is 152 g/mol. The first kappa shape index (κ1) is 7.46. The second-order valence-corrected chi connectivity index (χ2v) is 1.91. The molecular weight excluding hydrogens is 144 g/mol. The Bertz CT molecular complexity index is 256. The van der Waals surface area contributed by atoms with E-state index < -0.39 is 0 Å². The zero-order valence-electron chi connectivity index (χ0n) is 6.03. The number of hydrogen-bond acceptors (Lipinski definition) is 4. The van der Waals surface area contributed by atoms with Crippen LogP contribution in [0.5, 0.6) is 0 Å². The maximum atomic E-state index is 10.9. The van der Waals surface area contributed by atoms with Crippen molar-refractivity contribution in [1.82, 2.24) is 15.3 Å². The SMILES string of the molecule is CNC(=O)c1cnc(N)nc1. The topological polar surface area (TPSA) is 80.9 Å². The molecule has 0 aliphatic carbocycles. The Kier molecular flexibility index (Phi) is 2.00. The van der Waals surface area contributed by atoms with E-state index in [2.05, 4.69) is 15.3 Å². The minimum atomic E-state index is -0.218. The highest BCUT2D eigenvalue weighted by Crippen LogP contribution is 1.95. The van der Waals surface area contributed by atoms with Gasteiger partial charge in [0, 0.05) is 19.4 Å². The van der Waals surface area contributed by atoms with Crippen LogP contribution in [0.1, 0.15) is 10.4 Å². The molecule has 0 spiro atoms. The molecule has 1 amide bonds. The molecule has 1 heterocycles. The molecule has 0 aromatic carbocycles. The summed E-state index contributed by atoms with van der Waals surface area (Å²) in [5, 5.41) is 2.44. The summed E-state index contributed by atoms with van der Waals surface area (Å²) in [6.45, 7) is 0. The van der Waals surface area contributed by atoms with Crippen molar-refractivity contribution in [3.05, 3.63) is 18.0 Å². The fourth-order valence-electron chi connectivity index (χ4n) is 0.600. The smallest absolute Gasteiger partial charge is 0.254 e. The molecule has 3 N–H and O–H groups in total. The molecule has 58 valence electrons. The van der Waals surface area contributed by atoms with Gasteiger partial charge in [0.25, 0.3) is 5.91 Å². The van der Waals surface area contributed by atoms with Crippen molar-refractivity contribution in [2.24, 2.45) is 0 Å². The number of rotatable bonds is 1. The van der Waals surface area contributed by atoms with Crippen LogP contribution in [0.3, 0.4) is 0 Å². The normalized spacial score (nSPS) is 9.18. The molecule has 0 aliphatic rings. The van der Waals surface area contributed by atoms with Crippen molar-refractivity contribution in [3.8, 4) is 0 Å². The number of aromatic nitrogens is 2. The summed E-state index contributed by atoms with van der Waals surface area (Å²) in [5.41, 5.74) is 5.62. The summed E-state index contributed by atoms with van der Waals surface area (Å²) in [5.74, 6) is -0.0531. The quantitative estimate of drug-likeness (QED) is 0.564. The highest BCUT2D eigenvalue weighted by atomic mass is 16.1. The van der Waals surface area contributed by atoms with Crippen LogP contribution in [0.2, 0.25) is 0 Å². The van der Waals surface area contributed by atoms with Gasteiger partial charge in [-0.2, -0.15) is 0 Å². The maximum Gasteiger partial charge on any atom is 0.254 e. The lowest BCUT2D eigenvalue weighted by atomic mass is 10.3. The van der Waals surface area contributed by atoms with Gasteiger partial charge in [-0.1, -0.05) is 0 Å². The largest absolute Gasteiger partial charge is 0.368 e. The zero-order valence-corrected chi connectivity index (χ0v) is 6.03. The highest BCUT2D eigenvalue weighted by Gasteiger charge is 2.01. The first-order valence-corrected chi connectivity index (χ1v) is 3.03. The zero-order chi connectivity index (χ0) is 8.27. The molecule has 0 bridgehead atoms. The summed E-state index contributed by atoms with van der Waals surface area (Å²) in [6.07, 6.45) is 2.75. The number of anilines is 1. The number of carbonyl (C=O) groups excluding carboxylic acids is 1. The Morgan fingerprint density at radius 1 is 1.55 bits per heavy atom. The van der Waals surface area contributed by atoms with E-state index in [1.165, 1.54) is 12.4 Å². The Morgan fingerprint density at radius 3 is 2.55 bits per heavy atom. The van der Waals surface area contributed by atoms with E-state index in [1.54, 1.807) is 7.05 Å². The number of nitrogens with two attached hydrogens (primary N) is 1. The maximum absolute atomic E-state index is 10.9. The lowest BCUT2D eigenvalue weighted by Gasteiger charge is -1.96. The molecule has 5 nitrogen and oxygen atoms in total. The molecule has 1 rings (SSSR count). The van der Waals surface area contributed by atoms with Crippen LogP contribution in [0.15, 0.2) is 12.4 Å².